The van der Waals surface area contributed by atoms with Gasteiger partial charge in [0.15, 0.2) is 0 Å². The molecule has 1 aromatic carbocycles. The Hall–Kier alpha value is -1.88. The molecule has 1 unspecified atom stereocenters. The summed E-state index contributed by atoms with van der Waals surface area (Å²) in [6, 6.07) is 9.41. The topological polar surface area (TPSA) is 35.5 Å². The molecule has 0 aliphatic carbocycles. The van der Waals surface area contributed by atoms with Gasteiger partial charge in [-0.05, 0) is 35.7 Å². The third kappa shape index (κ3) is 3.54. The molecule has 1 aromatic heterocycles. The molecule has 0 spiro atoms. The zero-order valence-electron chi connectivity index (χ0n) is 10.3. The second kappa shape index (κ2) is 6.33. The third-order valence-electron chi connectivity index (χ3n) is 2.60. The molecule has 3 nitrogen and oxygen atoms in total. The number of hydrogen-bond donors (Lipinski definition) is 0. The van der Waals surface area contributed by atoms with E-state index in [0.717, 1.165) is 4.88 Å². The molecule has 0 aliphatic rings. The van der Waals surface area contributed by atoms with Crippen LogP contribution in [0.1, 0.15) is 10.8 Å². The summed E-state index contributed by atoms with van der Waals surface area (Å²) >= 11 is 1.47. The van der Waals surface area contributed by atoms with Crippen molar-refractivity contribution in [1.29, 1.82) is 0 Å². The van der Waals surface area contributed by atoms with Crippen LogP contribution in [0, 0.1) is 5.82 Å². The second-order valence-corrected chi connectivity index (χ2v) is 4.84. The van der Waals surface area contributed by atoms with Crippen LogP contribution in [0.25, 0.3) is 0 Å². The number of carbonyl (C=O) groups excluding carboxylic acids is 1. The normalized spacial score (nSPS) is 11.9. The highest BCUT2D eigenvalue weighted by atomic mass is 32.1. The van der Waals surface area contributed by atoms with Crippen LogP contribution in [0.15, 0.2) is 41.8 Å². The average Bonchev–Trinajstić information content (AvgIpc) is 2.94. The summed E-state index contributed by atoms with van der Waals surface area (Å²) in [7, 11) is 1.35. The molecule has 2 rings (SSSR count). The minimum atomic E-state index is -0.463. The Labute approximate surface area is 114 Å². The first kappa shape index (κ1) is 13.5. The lowest BCUT2D eigenvalue weighted by atomic mass is 10.1. The molecule has 1 atom stereocenters. The number of esters is 1. The Morgan fingerprint density at radius 2 is 2.05 bits per heavy atom. The van der Waals surface area contributed by atoms with Gasteiger partial charge < -0.3 is 9.47 Å². The molecule has 19 heavy (non-hydrogen) atoms. The first-order valence-corrected chi connectivity index (χ1v) is 6.58. The summed E-state index contributed by atoms with van der Waals surface area (Å²) in [5, 5.41) is 1.89. The number of rotatable bonds is 5. The monoisotopic (exact) mass is 280 g/mol. The number of hydrogen-bond acceptors (Lipinski definition) is 4. The third-order valence-corrected chi connectivity index (χ3v) is 3.59. The fraction of sp³-hybridized carbons (Fsp3) is 0.214. The molecule has 5 heteroatoms. The van der Waals surface area contributed by atoms with Crippen LogP contribution in [-0.4, -0.2) is 19.7 Å². The van der Waals surface area contributed by atoms with Crippen LogP contribution in [0.3, 0.4) is 0 Å². The number of halogens is 1. The molecular weight excluding hydrogens is 267 g/mol. The van der Waals surface area contributed by atoms with Crippen LogP contribution < -0.4 is 4.74 Å². The van der Waals surface area contributed by atoms with Crippen molar-refractivity contribution in [2.24, 2.45) is 0 Å². The largest absolute Gasteiger partial charge is 0.492 e. The molecule has 0 saturated heterocycles. The molecule has 0 fully saturated rings. The maximum Gasteiger partial charge on any atom is 0.317 e. The fourth-order valence-electron chi connectivity index (χ4n) is 1.61. The highest BCUT2D eigenvalue weighted by Crippen LogP contribution is 2.24. The van der Waals surface area contributed by atoms with E-state index in [9.17, 15) is 9.18 Å². The summed E-state index contributed by atoms with van der Waals surface area (Å²) in [6.45, 7) is 0.165. The van der Waals surface area contributed by atoms with Gasteiger partial charge in [-0.15, -0.1) is 11.3 Å². The van der Waals surface area contributed by atoms with E-state index in [0.29, 0.717) is 5.75 Å². The summed E-state index contributed by atoms with van der Waals surface area (Å²) in [6.07, 6.45) is 0. The van der Waals surface area contributed by atoms with Crippen molar-refractivity contribution in [2.45, 2.75) is 5.92 Å². The first-order valence-electron chi connectivity index (χ1n) is 5.70. The summed E-state index contributed by atoms with van der Waals surface area (Å²) < 4.78 is 23.0. The lowest BCUT2D eigenvalue weighted by Gasteiger charge is -2.14. The lowest BCUT2D eigenvalue weighted by Crippen LogP contribution is -2.20. The van der Waals surface area contributed by atoms with Gasteiger partial charge in [-0.3, -0.25) is 4.79 Å². The molecular formula is C14H13FO3S. The van der Waals surface area contributed by atoms with E-state index >= 15 is 0 Å². The zero-order valence-corrected chi connectivity index (χ0v) is 11.2. The number of benzene rings is 1. The SMILES string of the molecule is COC(=O)C(COc1ccc(F)cc1)c1cccs1. The Balaban J connectivity index is 2.05. The van der Waals surface area contributed by atoms with Gasteiger partial charge in [0.25, 0.3) is 0 Å². The van der Waals surface area contributed by atoms with Crippen LogP contribution in [0.5, 0.6) is 5.75 Å². The van der Waals surface area contributed by atoms with Gasteiger partial charge in [0.1, 0.15) is 24.1 Å². The fourth-order valence-corrected chi connectivity index (χ4v) is 2.41. The summed E-state index contributed by atoms with van der Waals surface area (Å²) in [5.74, 6) is -0.610. The molecule has 0 radical (unpaired) electrons. The van der Waals surface area contributed by atoms with Gasteiger partial charge in [-0.1, -0.05) is 6.07 Å². The Kier molecular flexibility index (Phi) is 4.52. The number of ether oxygens (including phenoxy) is 2. The van der Waals surface area contributed by atoms with Crippen LogP contribution >= 0.6 is 11.3 Å². The first-order chi connectivity index (χ1) is 9.20. The Bertz CT molecular complexity index is 522. The van der Waals surface area contributed by atoms with Crippen molar-refractivity contribution in [3.05, 3.63) is 52.5 Å². The Morgan fingerprint density at radius 3 is 2.63 bits per heavy atom. The van der Waals surface area contributed by atoms with E-state index in [4.69, 9.17) is 9.47 Å². The maximum atomic E-state index is 12.8. The van der Waals surface area contributed by atoms with Gasteiger partial charge in [0.05, 0.1) is 7.11 Å². The van der Waals surface area contributed by atoms with Crippen molar-refractivity contribution in [2.75, 3.05) is 13.7 Å². The second-order valence-electron chi connectivity index (χ2n) is 3.86. The highest BCUT2D eigenvalue weighted by molar-refractivity contribution is 7.10. The predicted molar refractivity (Wildman–Crippen MR) is 71.0 cm³/mol. The van der Waals surface area contributed by atoms with Gasteiger partial charge in [0, 0.05) is 4.88 Å². The molecule has 1 heterocycles. The Morgan fingerprint density at radius 1 is 1.32 bits per heavy atom. The van der Waals surface area contributed by atoms with E-state index in [1.54, 1.807) is 0 Å². The van der Waals surface area contributed by atoms with Gasteiger partial charge >= 0.3 is 5.97 Å². The van der Waals surface area contributed by atoms with Crippen LogP contribution in [0.4, 0.5) is 4.39 Å². The smallest absolute Gasteiger partial charge is 0.317 e. The van der Waals surface area contributed by atoms with Crippen LogP contribution in [-0.2, 0) is 9.53 Å². The maximum absolute atomic E-state index is 12.8. The van der Waals surface area contributed by atoms with Crippen molar-refractivity contribution < 1.29 is 18.7 Å². The van der Waals surface area contributed by atoms with Crippen molar-refractivity contribution >= 4 is 17.3 Å². The highest BCUT2D eigenvalue weighted by Gasteiger charge is 2.23. The quantitative estimate of drug-likeness (QED) is 0.789. The number of carbonyl (C=O) groups is 1. The lowest BCUT2D eigenvalue weighted by molar-refractivity contribution is -0.143. The molecule has 0 bridgehead atoms. The van der Waals surface area contributed by atoms with Crippen molar-refractivity contribution in [1.82, 2.24) is 0 Å². The van der Waals surface area contributed by atoms with Gasteiger partial charge in [-0.2, -0.15) is 0 Å². The summed E-state index contributed by atoms with van der Waals surface area (Å²) in [4.78, 5) is 12.6. The number of methoxy groups -OCH3 is 1. The van der Waals surface area contributed by atoms with E-state index in [1.807, 2.05) is 17.5 Å². The molecule has 100 valence electrons. The van der Waals surface area contributed by atoms with Gasteiger partial charge in [0.2, 0.25) is 0 Å². The summed E-state index contributed by atoms with van der Waals surface area (Å²) in [5.41, 5.74) is 0. The molecule has 2 aromatic rings. The molecule has 0 saturated carbocycles. The van der Waals surface area contributed by atoms with E-state index in [-0.39, 0.29) is 18.4 Å². The standard InChI is InChI=1S/C14H13FO3S/c1-17-14(16)12(13-3-2-8-19-13)9-18-11-6-4-10(15)5-7-11/h2-8,12H,9H2,1H3. The van der Waals surface area contributed by atoms with Crippen LogP contribution in [0.2, 0.25) is 0 Å². The zero-order chi connectivity index (χ0) is 13.7. The van der Waals surface area contributed by atoms with E-state index in [2.05, 4.69) is 0 Å². The number of thiophene rings is 1. The molecule has 0 aliphatic heterocycles. The molecule has 0 N–H and O–H groups in total. The molecule has 0 amide bonds. The van der Waals surface area contributed by atoms with Crippen molar-refractivity contribution in [3.8, 4) is 5.75 Å². The minimum absolute atomic E-state index is 0.165. The minimum Gasteiger partial charge on any atom is -0.492 e. The van der Waals surface area contributed by atoms with Crippen molar-refractivity contribution in [3.63, 3.8) is 0 Å². The predicted octanol–water partition coefficient (Wildman–Crippen LogP) is 3.22. The van der Waals surface area contributed by atoms with E-state index in [1.165, 1.54) is 42.7 Å². The van der Waals surface area contributed by atoms with Gasteiger partial charge in [-0.25, -0.2) is 4.39 Å². The van der Waals surface area contributed by atoms with E-state index < -0.39 is 5.92 Å². The average molecular weight is 280 g/mol.